The van der Waals surface area contributed by atoms with Gasteiger partial charge in [0.1, 0.15) is 0 Å². The number of hydrogen-bond donors (Lipinski definition) is 1. The molecule has 1 aliphatic rings. The summed E-state index contributed by atoms with van der Waals surface area (Å²) in [6.45, 7) is 3.89. The highest BCUT2D eigenvalue weighted by Crippen LogP contribution is 2.15. The predicted molar refractivity (Wildman–Crippen MR) is 68.7 cm³/mol. The maximum Gasteiger partial charge on any atom is 0.0887 e. The van der Waals surface area contributed by atoms with E-state index >= 15 is 0 Å². The van der Waals surface area contributed by atoms with Gasteiger partial charge >= 0.3 is 0 Å². The van der Waals surface area contributed by atoms with Crippen molar-refractivity contribution in [2.75, 3.05) is 19.7 Å². The van der Waals surface area contributed by atoms with Crippen LogP contribution in [0.1, 0.15) is 31.4 Å². The van der Waals surface area contributed by atoms with Gasteiger partial charge in [0.05, 0.1) is 12.3 Å². The topological polar surface area (TPSA) is 34.1 Å². The molecule has 0 amide bonds. The van der Waals surface area contributed by atoms with E-state index in [1.165, 1.54) is 38.8 Å². The van der Waals surface area contributed by atoms with E-state index in [4.69, 9.17) is 4.74 Å². The number of hydrogen-bond acceptors (Lipinski definition) is 3. The summed E-state index contributed by atoms with van der Waals surface area (Å²) < 4.78 is 5.63. The van der Waals surface area contributed by atoms with Gasteiger partial charge < -0.3 is 10.1 Å². The number of piperidine rings is 1. The summed E-state index contributed by atoms with van der Waals surface area (Å²) >= 11 is 0. The first kappa shape index (κ1) is 12.5. The minimum Gasteiger partial charge on any atom is -0.375 e. The minimum atomic E-state index is 0.643. The largest absolute Gasteiger partial charge is 0.375 e. The Balaban J connectivity index is 1.51. The predicted octanol–water partition coefficient (Wildman–Crippen LogP) is 2.38. The van der Waals surface area contributed by atoms with Crippen molar-refractivity contribution < 1.29 is 4.74 Å². The third-order valence-electron chi connectivity index (χ3n) is 3.28. The summed E-state index contributed by atoms with van der Waals surface area (Å²) in [5, 5.41) is 3.45. The average Bonchev–Trinajstić information content (AvgIpc) is 2.41. The zero-order valence-electron chi connectivity index (χ0n) is 10.4. The number of rotatable bonds is 6. The molecule has 0 radical (unpaired) electrons. The number of ether oxygens (including phenoxy) is 1. The van der Waals surface area contributed by atoms with Gasteiger partial charge in [-0.25, -0.2) is 0 Å². The van der Waals surface area contributed by atoms with E-state index in [9.17, 15) is 0 Å². The first-order chi connectivity index (χ1) is 8.45. The van der Waals surface area contributed by atoms with Crippen LogP contribution in [0.2, 0.25) is 0 Å². The SMILES string of the molecule is c1ccc(COCCCC2CCCNC2)nc1. The van der Waals surface area contributed by atoms with Crippen LogP contribution in [0, 0.1) is 5.92 Å². The number of nitrogens with one attached hydrogen (secondary N) is 1. The molecule has 1 aromatic rings. The Kier molecular flexibility index (Phi) is 5.46. The van der Waals surface area contributed by atoms with Crippen LogP contribution in [0.25, 0.3) is 0 Å². The van der Waals surface area contributed by atoms with Crippen molar-refractivity contribution in [3.8, 4) is 0 Å². The summed E-state index contributed by atoms with van der Waals surface area (Å²) in [4.78, 5) is 4.23. The fourth-order valence-electron chi connectivity index (χ4n) is 2.30. The van der Waals surface area contributed by atoms with E-state index in [1.807, 2.05) is 24.4 Å². The average molecular weight is 234 g/mol. The molecule has 0 spiro atoms. The molecule has 1 N–H and O–H groups in total. The van der Waals surface area contributed by atoms with Crippen LogP contribution in [0.15, 0.2) is 24.4 Å². The van der Waals surface area contributed by atoms with E-state index in [2.05, 4.69) is 10.3 Å². The molecule has 0 bridgehead atoms. The normalized spacial score (nSPS) is 20.4. The highest BCUT2D eigenvalue weighted by atomic mass is 16.5. The molecule has 0 aliphatic carbocycles. The van der Waals surface area contributed by atoms with Crippen molar-refractivity contribution in [1.82, 2.24) is 10.3 Å². The van der Waals surface area contributed by atoms with Gasteiger partial charge in [-0.3, -0.25) is 4.98 Å². The third-order valence-corrected chi connectivity index (χ3v) is 3.28. The van der Waals surface area contributed by atoms with Gasteiger partial charge in [0, 0.05) is 12.8 Å². The Morgan fingerprint density at radius 2 is 2.41 bits per heavy atom. The molecule has 17 heavy (non-hydrogen) atoms. The lowest BCUT2D eigenvalue weighted by molar-refractivity contribution is 0.110. The fourth-order valence-corrected chi connectivity index (χ4v) is 2.30. The lowest BCUT2D eigenvalue weighted by atomic mass is 9.95. The van der Waals surface area contributed by atoms with Crippen molar-refractivity contribution in [1.29, 1.82) is 0 Å². The van der Waals surface area contributed by atoms with Gasteiger partial charge in [0.25, 0.3) is 0 Å². The van der Waals surface area contributed by atoms with Gasteiger partial charge in [0.15, 0.2) is 0 Å². The summed E-state index contributed by atoms with van der Waals surface area (Å²) in [6.07, 6.45) is 6.98. The van der Waals surface area contributed by atoms with Gasteiger partial charge in [-0.15, -0.1) is 0 Å². The molecule has 1 saturated heterocycles. The van der Waals surface area contributed by atoms with Gasteiger partial charge in [-0.1, -0.05) is 6.07 Å². The molecule has 1 fully saturated rings. The molecule has 3 heteroatoms. The molecule has 2 heterocycles. The second kappa shape index (κ2) is 7.41. The molecular weight excluding hydrogens is 212 g/mol. The highest BCUT2D eigenvalue weighted by molar-refractivity contribution is 5.01. The second-order valence-corrected chi connectivity index (χ2v) is 4.73. The molecular formula is C14H22N2O. The number of pyridine rings is 1. The lowest BCUT2D eigenvalue weighted by Crippen LogP contribution is -2.29. The van der Waals surface area contributed by atoms with Crippen LogP contribution in [-0.2, 0) is 11.3 Å². The Labute approximate surface area is 104 Å². The maximum atomic E-state index is 5.63. The van der Waals surface area contributed by atoms with E-state index in [0.29, 0.717) is 6.61 Å². The summed E-state index contributed by atoms with van der Waals surface area (Å²) in [6, 6.07) is 5.93. The maximum absolute atomic E-state index is 5.63. The summed E-state index contributed by atoms with van der Waals surface area (Å²) in [7, 11) is 0. The summed E-state index contributed by atoms with van der Waals surface area (Å²) in [5.41, 5.74) is 1.02. The van der Waals surface area contributed by atoms with E-state index in [1.54, 1.807) is 0 Å². The van der Waals surface area contributed by atoms with Gasteiger partial charge in [-0.05, 0) is 56.8 Å². The summed E-state index contributed by atoms with van der Waals surface area (Å²) in [5.74, 6) is 0.863. The molecule has 3 nitrogen and oxygen atoms in total. The minimum absolute atomic E-state index is 0.643. The Bertz CT molecular complexity index is 296. The molecule has 1 atom stereocenters. The Morgan fingerprint density at radius 3 is 3.18 bits per heavy atom. The molecule has 0 aromatic carbocycles. The smallest absolute Gasteiger partial charge is 0.0887 e. The van der Waals surface area contributed by atoms with Crippen molar-refractivity contribution in [3.63, 3.8) is 0 Å². The van der Waals surface area contributed by atoms with E-state index in [0.717, 1.165) is 18.2 Å². The lowest BCUT2D eigenvalue weighted by Gasteiger charge is -2.22. The van der Waals surface area contributed by atoms with E-state index in [-0.39, 0.29) is 0 Å². The Hall–Kier alpha value is -0.930. The van der Waals surface area contributed by atoms with Gasteiger partial charge in [0.2, 0.25) is 0 Å². The molecule has 1 aromatic heterocycles. The van der Waals surface area contributed by atoms with Crippen molar-refractivity contribution in [3.05, 3.63) is 30.1 Å². The number of nitrogens with zero attached hydrogens (tertiary/aromatic N) is 1. The second-order valence-electron chi connectivity index (χ2n) is 4.73. The van der Waals surface area contributed by atoms with Crippen LogP contribution < -0.4 is 5.32 Å². The quantitative estimate of drug-likeness (QED) is 0.767. The van der Waals surface area contributed by atoms with Crippen LogP contribution in [0.3, 0.4) is 0 Å². The molecule has 2 rings (SSSR count). The van der Waals surface area contributed by atoms with Crippen LogP contribution in [-0.4, -0.2) is 24.7 Å². The third kappa shape index (κ3) is 4.84. The van der Waals surface area contributed by atoms with Crippen molar-refractivity contribution in [2.45, 2.75) is 32.3 Å². The molecule has 94 valence electrons. The highest BCUT2D eigenvalue weighted by Gasteiger charge is 2.11. The molecule has 1 unspecified atom stereocenters. The van der Waals surface area contributed by atoms with Crippen LogP contribution in [0.4, 0.5) is 0 Å². The standard InChI is InChI=1S/C14H22N2O/c1-2-9-16-14(7-1)12-17-10-4-6-13-5-3-8-15-11-13/h1-2,7,9,13,15H,3-6,8,10-12H2. The zero-order chi connectivity index (χ0) is 11.8. The fraction of sp³-hybridized carbons (Fsp3) is 0.643. The zero-order valence-corrected chi connectivity index (χ0v) is 10.4. The van der Waals surface area contributed by atoms with E-state index < -0.39 is 0 Å². The first-order valence-electron chi connectivity index (χ1n) is 6.63. The van der Waals surface area contributed by atoms with Crippen LogP contribution in [0.5, 0.6) is 0 Å². The van der Waals surface area contributed by atoms with Crippen LogP contribution >= 0.6 is 0 Å². The van der Waals surface area contributed by atoms with Crippen molar-refractivity contribution in [2.24, 2.45) is 5.92 Å². The Morgan fingerprint density at radius 1 is 1.41 bits per heavy atom. The first-order valence-corrected chi connectivity index (χ1v) is 6.63. The van der Waals surface area contributed by atoms with Gasteiger partial charge in [-0.2, -0.15) is 0 Å². The van der Waals surface area contributed by atoms with Crippen molar-refractivity contribution >= 4 is 0 Å². The molecule has 0 saturated carbocycles. The number of aromatic nitrogens is 1. The molecule has 1 aliphatic heterocycles. The monoisotopic (exact) mass is 234 g/mol.